The van der Waals surface area contributed by atoms with Crippen LogP contribution in [-0.4, -0.2) is 23.1 Å². The Labute approximate surface area is 70.8 Å². The standard InChI is InChI=1S/C8H12O4/c1-5(8(10)11)4-6(2)12-7(3)9/h4,6H,1-3H3,(H,10,11). The van der Waals surface area contributed by atoms with E-state index < -0.39 is 18.0 Å². The van der Waals surface area contributed by atoms with Crippen molar-refractivity contribution < 1.29 is 19.4 Å². The maximum Gasteiger partial charge on any atom is 0.331 e. The third-order valence-corrected chi connectivity index (χ3v) is 1.17. The summed E-state index contributed by atoms with van der Waals surface area (Å²) in [4.78, 5) is 20.7. The fraction of sp³-hybridized carbons (Fsp3) is 0.500. The molecule has 0 aromatic rings. The zero-order chi connectivity index (χ0) is 9.72. The smallest absolute Gasteiger partial charge is 0.331 e. The monoisotopic (exact) mass is 172 g/mol. The van der Waals surface area contributed by atoms with E-state index in [0.717, 1.165) is 0 Å². The number of ether oxygens (including phenoxy) is 1. The molecule has 0 aliphatic heterocycles. The Kier molecular flexibility index (Phi) is 4.04. The summed E-state index contributed by atoms with van der Waals surface area (Å²) in [5.74, 6) is -1.43. The summed E-state index contributed by atoms with van der Waals surface area (Å²) < 4.78 is 4.69. The second kappa shape index (κ2) is 4.54. The van der Waals surface area contributed by atoms with E-state index in [2.05, 4.69) is 0 Å². The molecule has 1 atom stereocenters. The van der Waals surface area contributed by atoms with E-state index in [1.807, 2.05) is 0 Å². The quantitative estimate of drug-likeness (QED) is 0.509. The number of rotatable bonds is 3. The predicted molar refractivity (Wildman–Crippen MR) is 42.6 cm³/mol. The van der Waals surface area contributed by atoms with Crippen LogP contribution >= 0.6 is 0 Å². The highest BCUT2D eigenvalue weighted by Gasteiger charge is 2.05. The fourth-order valence-electron chi connectivity index (χ4n) is 0.719. The molecule has 0 amide bonds. The molecular formula is C8H12O4. The minimum atomic E-state index is -1.01. The molecule has 1 unspecified atom stereocenters. The molecule has 0 aliphatic carbocycles. The van der Waals surface area contributed by atoms with Gasteiger partial charge >= 0.3 is 11.9 Å². The van der Waals surface area contributed by atoms with Crippen LogP contribution in [0.3, 0.4) is 0 Å². The Morgan fingerprint density at radius 2 is 1.92 bits per heavy atom. The second-order valence-electron chi connectivity index (χ2n) is 2.47. The molecular weight excluding hydrogens is 160 g/mol. The highest BCUT2D eigenvalue weighted by atomic mass is 16.5. The maximum atomic E-state index is 10.4. The molecule has 0 saturated carbocycles. The van der Waals surface area contributed by atoms with Crippen molar-refractivity contribution in [3.8, 4) is 0 Å². The fourth-order valence-corrected chi connectivity index (χ4v) is 0.719. The first-order valence-electron chi connectivity index (χ1n) is 3.52. The minimum absolute atomic E-state index is 0.170. The van der Waals surface area contributed by atoms with E-state index in [1.165, 1.54) is 19.9 Å². The van der Waals surface area contributed by atoms with Crippen molar-refractivity contribution in [2.24, 2.45) is 0 Å². The highest BCUT2D eigenvalue weighted by Crippen LogP contribution is 1.99. The van der Waals surface area contributed by atoms with Crippen molar-refractivity contribution in [3.05, 3.63) is 11.6 Å². The van der Waals surface area contributed by atoms with Crippen molar-refractivity contribution in [2.45, 2.75) is 26.9 Å². The van der Waals surface area contributed by atoms with Crippen LogP contribution in [0.2, 0.25) is 0 Å². The van der Waals surface area contributed by atoms with Gasteiger partial charge in [-0.25, -0.2) is 4.79 Å². The van der Waals surface area contributed by atoms with Crippen LogP contribution in [0.25, 0.3) is 0 Å². The lowest BCUT2D eigenvalue weighted by Gasteiger charge is -2.06. The normalized spacial score (nSPS) is 13.8. The summed E-state index contributed by atoms with van der Waals surface area (Å²) >= 11 is 0. The summed E-state index contributed by atoms with van der Waals surface area (Å²) in [6, 6.07) is 0. The Bertz CT molecular complexity index is 217. The van der Waals surface area contributed by atoms with Crippen LogP contribution in [0.1, 0.15) is 20.8 Å². The van der Waals surface area contributed by atoms with Gasteiger partial charge in [-0.1, -0.05) is 0 Å². The molecule has 4 heteroatoms. The van der Waals surface area contributed by atoms with E-state index in [4.69, 9.17) is 9.84 Å². The lowest BCUT2D eigenvalue weighted by atomic mass is 10.2. The Morgan fingerprint density at radius 3 is 2.25 bits per heavy atom. The van der Waals surface area contributed by atoms with Gasteiger partial charge < -0.3 is 9.84 Å². The number of carbonyl (C=O) groups excluding carboxylic acids is 1. The first-order chi connectivity index (χ1) is 5.43. The van der Waals surface area contributed by atoms with Crippen LogP contribution in [0.4, 0.5) is 0 Å². The number of hydrogen-bond donors (Lipinski definition) is 1. The van der Waals surface area contributed by atoms with Gasteiger partial charge in [0.15, 0.2) is 0 Å². The third-order valence-electron chi connectivity index (χ3n) is 1.17. The molecule has 0 radical (unpaired) electrons. The average molecular weight is 172 g/mol. The van der Waals surface area contributed by atoms with Crippen molar-refractivity contribution in [2.75, 3.05) is 0 Å². The van der Waals surface area contributed by atoms with Crippen LogP contribution < -0.4 is 0 Å². The Hall–Kier alpha value is -1.32. The molecule has 68 valence electrons. The molecule has 12 heavy (non-hydrogen) atoms. The number of hydrogen-bond acceptors (Lipinski definition) is 3. The largest absolute Gasteiger partial charge is 0.478 e. The van der Waals surface area contributed by atoms with Gasteiger partial charge in [-0.3, -0.25) is 4.79 Å². The van der Waals surface area contributed by atoms with E-state index in [1.54, 1.807) is 6.92 Å². The topological polar surface area (TPSA) is 63.6 Å². The zero-order valence-electron chi connectivity index (χ0n) is 7.33. The van der Waals surface area contributed by atoms with E-state index in [0.29, 0.717) is 0 Å². The van der Waals surface area contributed by atoms with Crippen LogP contribution in [0.5, 0.6) is 0 Å². The lowest BCUT2D eigenvalue weighted by Crippen LogP contribution is -2.11. The van der Waals surface area contributed by atoms with Gasteiger partial charge in [0.05, 0.1) is 0 Å². The van der Waals surface area contributed by atoms with Gasteiger partial charge in [0.2, 0.25) is 0 Å². The molecule has 0 rings (SSSR count). The summed E-state index contributed by atoms with van der Waals surface area (Å²) in [7, 11) is 0. The van der Waals surface area contributed by atoms with Gasteiger partial charge in [-0.2, -0.15) is 0 Å². The summed E-state index contributed by atoms with van der Waals surface area (Å²) in [6.45, 7) is 4.33. The average Bonchev–Trinajstić information content (AvgIpc) is 1.84. The molecule has 0 aromatic heterocycles. The van der Waals surface area contributed by atoms with Crippen LogP contribution in [0.15, 0.2) is 11.6 Å². The van der Waals surface area contributed by atoms with Crippen molar-refractivity contribution in [3.63, 3.8) is 0 Å². The molecule has 0 heterocycles. The molecule has 0 bridgehead atoms. The number of aliphatic carboxylic acids is 1. The minimum Gasteiger partial charge on any atom is -0.478 e. The van der Waals surface area contributed by atoms with Crippen molar-refractivity contribution in [1.29, 1.82) is 0 Å². The highest BCUT2D eigenvalue weighted by molar-refractivity contribution is 5.85. The molecule has 0 saturated heterocycles. The van der Waals surface area contributed by atoms with Crippen molar-refractivity contribution in [1.82, 2.24) is 0 Å². The summed E-state index contributed by atoms with van der Waals surface area (Å²) in [5.41, 5.74) is 0.170. The van der Waals surface area contributed by atoms with E-state index >= 15 is 0 Å². The third kappa shape index (κ3) is 4.49. The molecule has 0 fully saturated rings. The molecule has 0 aliphatic rings. The lowest BCUT2D eigenvalue weighted by molar-refractivity contribution is -0.143. The number of esters is 1. The van der Waals surface area contributed by atoms with Gasteiger partial charge in [0.25, 0.3) is 0 Å². The SMILES string of the molecule is CC(=O)OC(C)C=C(C)C(=O)O. The van der Waals surface area contributed by atoms with Gasteiger partial charge in [0, 0.05) is 12.5 Å². The van der Waals surface area contributed by atoms with E-state index in [9.17, 15) is 9.59 Å². The first kappa shape index (κ1) is 10.7. The molecule has 0 aromatic carbocycles. The Morgan fingerprint density at radius 1 is 1.42 bits per heavy atom. The molecule has 1 N–H and O–H groups in total. The van der Waals surface area contributed by atoms with Crippen molar-refractivity contribution >= 4 is 11.9 Å². The van der Waals surface area contributed by atoms with Gasteiger partial charge in [-0.05, 0) is 19.9 Å². The number of carboxylic acids is 1. The van der Waals surface area contributed by atoms with Crippen LogP contribution in [0, 0.1) is 0 Å². The van der Waals surface area contributed by atoms with Crippen LogP contribution in [-0.2, 0) is 14.3 Å². The summed E-state index contributed by atoms with van der Waals surface area (Å²) in [5, 5.41) is 8.46. The molecule has 0 spiro atoms. The first-order valence-corrected chi connectivity index (χ1v) is 3.52. The second-order valence-corrected chi connectivity index (χ2v) is 2.47. The van der Waals surface area contributed by atoms with Gasteiger partial charge in [0.1, 0.15) is 6.10 Å². The predicted octanol–water partition coefficient (Wildman–Crippen LogP) is 0.969. The maximum absolute atomic E-state index is 10.4. The van der Waals surface area contributed by atoms with E-state index in [-0.39, 0.29) is 5.57 Å². The number of carbonyl (C=O) groups is 2. The van der Waals surface area contributed by atoms with Gasteiger partial charge in [-0.15, -0.1) is 0 Å². The molecule has 4 nitrogen and oxygen atoms in total. The Balaban J connectivity index is 4.14. The summed E-state index contributed by atoms with van der Waals surface area (Å²) in [6.07, 6.45) is 0.891. The number of carboxylic acid groups (broad SMARTS) is 1. The zero-order valence-corrected chi connectivity index (χ0v) is 7.33.